The largest absolute Gasteiger partial charge is 0.475 e. The van der Waals surface area contributed by atoms with Gasteiger partial charge in [-0.05, 0) is 24.3 Å². The SMILES string of the molecule is CCc1ccc([C@H]2COCCN2C(=O)c2ccc(C(=O)O)o2)o1. The molecule has 1 saturated heterocycles. The summed E-state index contributed by atoms with van der Waals surface area (Å²) < 4.78 is 16.3. The summed E-state index contributed by atoms with van der Waals surface area (Å²) >= 11 is 0. The molecule has 1 atom stereocenters. The fraction of sp³-hybridized carbons (Fsp3) is 0.375. The predicted octanol–water partition coefficient (Wildman–Crippen LogP) is 2.35. The number of hydrogen-bond donors (Lipinski definition) is 1. The van der Waals surface area contributed by atoms with Crippen LogP contribution in [-0.4, -0.2) is 41.6 Å². The van der Waals surface area contributed by atoms with E-state index < -0.39 is 5.97 Å². The predicted molar refractivity (Wildman–Crippen MR) is 78.3 cm³/mol. The van der Waals surface area contributed by atoms with Crippen LogP contribution in [0.25, 0.3) is 0 Å². The van der Waals surface area contributed by atoms with Crippen LogP contribution in [0.15, 0.2) is 33.1 Å². The molecule has 1 aliphatic heterocycles. The third-order valence-electron chi connectivity index (χ3n) is 3.78. The molecule has 0 aromatic carbocycles. The van der Waals surface area contributed by atoms with Crippen molar-refractivity contribution in [3.8, 4) is 0 Å². The van der Waals surface area contributed by atoms with Crippen LogP contribution in [0.3, 0.4) is 0 Å². The normalized spacial score (nSPS) is 18.1. The molecule has 0 unspecified atom stereocenters. The molecule has 23 heavy (non-hydrogen) atoms. The number of furan rings is 2. The van der Waals surface area contributed by atoms with Gasteiger partial charge in [-0.3, -0.25) is 4.79 Å². The summed E-state index contributed by atoms with van der Waals surface area (Å²) in [4.78, 5) is 25.1. The molecule has 3 rings (SSSR count). The third kappa shape index (κ3) is 3.00. The fourth-order valence-corrected chi connectivity index (χ4v) is 2.56. The molecule has 1 fully saturated rings. The molecule has 1 N–H and O–H groups in total. The molecule has 0 aliphatic carbocycles. The smallest absolute Gasteiger partial charge is 0.371 e. The highest BCUT2D eigenvalue weighted by atomic mass is 16.5. The first-order valence-electron chi connectivity index (χ1n) is 7.40. The number of carboxylic acids is 1. The minimum absolute atomic E-state index is 0.00317. The number of hydrogen-bond acceptors (Lipinski definition) is 5. The Morgan fingerprint density at radius 2 is 2.00 bits per heavy atom. The Morgan fingerprint density at radius 1 is 1.22 bits per heavy atom. The highest BCUT2D eigenvalue weighted by Crippen LogP contribution is 2.28. The van der Waals surface area contributed by atoms with E-state index in [1.54, 1.807) is 4.90 Å². The van der Waals surface area contributed by atoms with Crippen molar-refractivity contribution in [2.24, 2.45) is 0 Å². The molecule has 7 heteroatoms. The first-order valence-corrected chi connectivity index (χ1v) is 7.40. The third-order valence-corrected chi connectivity index (χ3v) is 3.78. The number of carboxylic acid groups (broad SMARTS) is 1. The van der Waals surface area contributed by atoms with Crippen molar-refractivity contribution in [2.45, 2.75) is 19.4 Å². The molecular formula is C16H17NO6. The molecule has 2 aromatic rings. The topological polar surface area (TPSA) is 93.1 Å². The van der Waals surface area contributed by atoms with Crippen molar-refractivity contribution >= 4 is 11.9 Å². The molecule has 3 heterocycles. The minimum atomic E-state index is -1.21. The number of carbonyl (C=O) groups is 2. The number of amides is 1. The second kappa shape index (κ2) is 6.29. The summed E-state index contributed by atoms with van der Waals surface area (Å²) in [6.07, 6.45) is 0.766. The first-order chi connectivity index (χ1) is 11.1. The minimum Gasteiger partial charge on any atom is -0.475 e. The quantitative estimate of drug-likeness (QED) is 0.930. The monoisotopic (exact) mass is 319 g/mol. The molecule has 122 valence electrons. The molecule has 0 saturated carbocycles. The summed E-state index contributed by atoms with van der Waals surface area (Å²) in [5.74, 6) is -0.355. The molecule has 1 amide bonds. The van der Waals surface area contributed by atoms with Crippen molar-refractivity contribution in [3.05, 3.63) is 47.3 Å². The van der Waals surface area contributed by atoms with Crippen LogP contribution < -0.4 is 0 Å². The average molecular weight is 319 g/mol. The van der Waals surface area contributed by atoms with Crippen LogP contribution in [0.1, 0.15) is 45.6 Å². The van der Waals surface area contributed by atoms with Gasteiger partial charge in [-0.1, -0.05) is 6.92 Å². The molecule has 1 aliphatic rings. The standard InChI is InChI=1S/C16H17NO6/c1-2-10-3-4-12(22-10)11-9-21-8-7-17(11)15(18)13-5-6-14(23-13)16(19)20/h3-6,11H,2,7-9H2,1H3,(H,19,20)/t11-/m1/s1. The van der Waals surface area contributed by atoms with Gasteiger partial charge in [0.25, 0.3) is 5.91 Å². The van der Waals surface area contributed by atoms with E-state index in [-0.39, 0.29) is 23.5 Å². The van der Waals surface area contributed by atoms with E-state index in [1.165, 1.54) is 12.1 Å². The molecule has 0 radical (unpaired) electrons. The lowest BCUT2D eigenvalue weighted by atomic mass is 10.1. The number of aromatic carboxylic acids is 1. The zero-order valence-corrected chi connectivity index (χ0v) is 12.7. The van der Waals surface area contributed by atoms with Crippen molar-refractivity contribution in [3.63, 3.8) is 0 Å². The van der Waals surface area contributed by atoms with Gasteiger partial charge in [0.05, 0.1) is 13.2 Å². The highest BCUT2D eigenvalue weighted by molar-refractivity contribution is 5.93. The van der Waals surface area contributed by atoms with Crippen LogP contribution in [0.2, 0.25) is 0 Å². The van der Waals surface area contributed by atoms with Crippen molar-refractivity contribution < 1.29 is 28.3 Å². The van der Waals surface area contributed by atoms with Crippen LogP contribution in [0, 0.1) is 0 Å². The van der Waals surface area contributed by atoms with E-state index in [4.69, 9.17) is 18.7 Å². The van der Waals surface area contributed by atoms with Gasteiger partial charge in [0.15, 0.2) is 5.76 Å². The van der Waals surface area contributed by atoms with Gasteiger partial charge in [-0.15, -0.1) is 0 Å². The number of morpholine rings is 1. The van der Waals surface area contributed by atoms with Gasteiger partial charge in [-0.2, -0.15) is 0 Å². The lowest BCUT2D eigenvalue weighted by Gasteiger charge is -2.33. The van der Waals surface area contributed by atoms with E-state index in [9.17, 15) is 9.59 Å². The van der Waals surface area contributed by atoms with E-state index in [0.717, 1.165) is 12.2 Å². The maximum absolute atomic E-state index is 12.6. The van der Waals surface area contributed by atoms with Gasteiger partial charge < -0.3 is 23.6 Å². The number of aryl methyl sites for hydroxylation is 1. The van der Waals surface area contributed by atoms with E-state index in [1.807, 2.05) is 19.1 Å². The van der Waals surface area contributed by atoms with Gasteiger partial charge in [0, 0.05) is 13.0 Å². The van der Waals surface area contributed by atoms with Crippen LogP contribution in [-0.2, 0) is 11.2 Å². The van der Waals surface area contributed by atoms with Gasteiger partial charge >= 0.3 is 5.97 Å². The molecule has 0 spiro atoms. The van der Waals surface area contributed by atoms with E-state index in [0.29, 0.717) is 25.5 Å². The van der Waals surface area contributed by atoms with Crippen LogP contribution >= 0.6 is 0 Å². The molecule has 2 aromatic heterocycles. The Morgan fingerprint density at radius 3 is 2.65 bits per heavy atom. The van der Waals surface area contributed by atoms with Crippen LogP contribution in [0.4, 0.5) is 0 Å². The Hall–Kier alpha value is -2.54. The molecule has 0 bridgehead atoms. The lowest BCUT2D eigenvalue weighted by molar-refractivity contribution is -0.0106. The number of nitrogens with zero attached hydrogens (tertiary/aromatic N) is 1. The van der Waals surface area contributed by atoms with E-state index >= 15 is 0 Å². The van der Waals surface area contributed by atoms with E-state index in [2.05, 4.69) is 0 Å². The Balaban J connectivity index is 1.85. The van der Waals surface area contributed by atoms with Crippen molar-refractivity contribution in [2.75, 3.05) is 19.8 Å². The lowest BCUT2D eigenvalue weighted by Crippen LogP contribution is -2.43. The molecular weight excluding hydrogens is 302 g/mol. The van der Waals surface area contributed by atoms with Crippen molar-refractivity contribution in [1.82, 2.24) is 4.90 Å². The Labute approximate surface area is 132 Å². The van der Waals surface area contributed by atoms with Gasteiger partial charge in [0.2, 0.25) is 5.76 Å². The maximum Gasteiger partial charge on any atom is 0.371 e. The summed E-state index contributed by atoms with van der Waals surface area (Å²) in [6, 6.07) is 6.01. The van der Waals surface area contributed by atoms with Gasteiger partial charge in [-0.25, -0.2) is 4.79 Å². The number of rotatable bonds is 4. The maximum atomic E-state index is 12.6. The number of ether oxygens (including phenoxy) is 1. The van der Waals surface area contributed by atoms with Crippen LogP contribution in [0.5, 0.6) is 0 Å². The summed E-state index contributed by atoms with van der Waals surface area (Å²) in [7, 11) is 0. The zero-order valence-electron chi connectivity index (χ0n) is 12.7. The summed E-state index contributed by atoms with van der Waals surface area (Å²) in [6.45, 7) is 3.11. The summed E-state index contributed by atoms with van der Waals surface area (Å²) in [5, 5.41) is 8.90. The second-order valence-electron chi connectivity index (χ2n) is 5.22. The zero-order chi connectivity index (χ0) is 16.4. The highest BCUT2D eigenvalue weighted by Gasteiger charge is 2.33. The fourth-order valence-electron chi connectivity index (χ4n) is 2.56. The first kappa shape index (κ1) is 15.4. The summed E-state index contributed by atoms with van der Waals surface area (Å²) in [5.41, 5.74) is 0. The molecule has 7 nitrogen and oxygen atoms in total. The Kier molecular flexibility index (Phi) is 4.20. The average Bonchev–Trinajstić information content (AvgIpc) is 3.23. The van der Waals surface area contributed by atoms with Gasteiger partial charge in [0.1, 0.15) is 17.6 Å². The number of carbonyl (C=O) groups excluding carboxylic acids is 1. The van der Waals surface area contributed by atoms with Crippen molar-refractivity contribution in [1.29, 1.82) is 0 Å². The Bertz CT molecular complexity index is 716. The second-order valence-corrected chi connectivity index (χ2v) is 5.22.